The van der Waals surface area contributed by atoms with Crippen LogP contribution in [0, 0.1) is 5.41 Å². The van der Waals surface area contributed by atoms with Crippen LogP contribution in [-0.2, 0) is 4.74 Å². The van der Waals surface area contributed by atoms with Crippen LogP contribution in [0.2, 0.25) is 0 Å². The van der Waals surface area contributed by atoms with E-state index in [0.29, 0.717) is 18.3 Å². The molecule has 3 N–H and O–H groups in total. The average molecular weight is 235 g/mol. The maximum Gasteiger partial charge on any atom is 0.147 e. The molecule has 0 aliphatic heterocycles. The molecular formula is C11H17N5O. The van der Waals surface area contributed by atoms with Crippen LogP contribution in [0.3, 0.4) is 0 Å². The van der Waals surface area contributed by atoms with Gasteiger partial charge in [-0.05, 0) is 12.8 Å². The van der Waals surface area contributed by atoms with Crippen molar-refractivity contribution in [3.63, 3.8) is 0 Å². The van der Waals surface area contributed by atoms with Crippen molar-refractivity contribution in [2.24, 2.45) is 5.73 Å². The first-order valence-corrected chi connectivity index (χ1v) is 5.64. The first kappa shape index (κ1) is 11.8. The van der Waals surface area contributed by atoms with Crippen LogP contribution in [0.25, 0.3) is 0 Å². The largest absolute Gasteiger partial charge is 0.383 e. The van der Waals surface area contributed by atoms with Crippen LogP contribution in [0.15, 0.2) is 12.4 Å². The molecule has 0 unspecified atom stereocenters. The molecule has 2 rings (SSSR count). The quantitative estimate of drug-likeness (QED) is 0.549. The number of nitrogens with two attached hydrogens (primary N) is 1. The Hall–Kier alpha value is -1.69. The number of ether oxygens (including phenoxy) is 1. The van der Waals surface area contributed by atoms with Gasteiger partial charge < -0.3 is 15.4 Å². The fourth-order valence-electron chi connectivity index (χ4n) is 1.67. The van der Waals surface area contributed by atoms with Crippen molar-refractivity contribution in [1.82, 2.24) is 9.97 Å². The molecule has 1 aromatic rings. The summed E-state index contributed by atoms with van der Waals surface area (Å²) in [4.78, 5) is 10.6. The summed E-state index contributed by atoms with van der Waals surface area (Å²) in [6, 6.07) is 0.558. The van der Waals surface area contributed by atoms with Gasteiger partial charge in [-0.25, -0.2) is 9.97 Å². The maximum atomic E-state index is 7.26. The number of amidine groups is 1. The van der Waals surface area contributed by atoms with E-state index in [-0.39, 0.29) is 5.84 Å². The number of nitrogens with one attached hydrogen (secondary N) is 1. The van der Waals surface area contributed by atoms with Crippen LogP contribution in [0.1, 0.15) is 18.5 Å². The number of anilines is 1. The minimum Gasteiger partial charge on any atom is -0.383 e. The van der Waals surface area contributed by atoms with E-state index in [0.717, 1.165) is 12.4 Å². The molecule has 0 atom stereocenters. The fraction of sp³-hybridized carbons (Fsp3) is 0.545. The average Bonchev–Trinajstić information content (AvgIpc) is 3.14. The maximum absolute atomic E-state index is 7.26. The first-order chi connectivity index (χ1) is 8.22. The van der Waals surface area contributed by atoms with E-state index in [1.54, 1.807) is 19.5 Å². The van der Waals surface area contributed by atoms with Gasteiger partial charge in [0, 0.05) is 19.7 Å². The van der Waals surface area contributed by atoms with Gasteiger partial charge in [0.25, 0.3) is 0 Å². The second-order valence-electron chi connectivity index (χ2n) is 4.09. The van der Waals surface area contributed by atoms with Crippen molar-refractivity contribution in [3.05, 3.63) is 18.1 Å². The number of aromatic nitrogens is 2. The lowest BCUT2D eigenvalue weighted by Gasteiger charge is -2.22. The van der Waals surface area contributed by atoms with E-state index in [1.165, 1.54) is 12.8 Å². The van der Waals surface area contributed by atoms with E-state index in [1.807, 2.05) is 0 Å². The Bertz CT molecular complexity index is 387. The predicted molar refractivity (Wildman–Crippen MR) is 65.3 cm³/mol. The summed E-state index contributed by atoms with van der Waals surface area (Å²) in [7, 11) is 1.69. The highest BCUT2D eigenvalue weighted by Crippen LogP contribution is 2.29. The summed E-state index contributed by atoms with van der Waals surface area (Å²) >= 11 is 0. The third-order valence-electron chi connectivity index (χ3n) is 2.73. The molecular weight excluding hydrogens is 218 g/mol. The van der Waals surface area contributed by atoms with Crippen molar-refractivity contribution in [1.29, 1.82) is 5.41 Å². The standard InChI is InChI=1S/C11H17N5O/c1-17-5-4-16(8-2-3-8)10-7-14-9(6-15-10)11(12)13/h6-8H,2-5H2,1H3,(H3,12,13). The SMILES string of the molecule is COCCN(c1cnc(C(=N)N)cn1)C1CC1. The van der Waals surface area contributed by atoms with E-state index in [4.69, 9.17) is 15.9 Å². The summed E-state index contributed by atoms with van der Waals surface area (Å²) in [5, 5.41) is 7.26. The number of methoxy groups -OCH3 is 1. The molecule has 1 heterocycles. The van der Waals surface area contributed by atoms with Gasteiger partial charge in [0.1, 0.15) is 17.3 Å². The van der Waals surface area contributed by atoms with Crippen LogP contribution < -0.4 is 10.6 Å². The van der Waals surface area contributed by atoms with Gasteiger partial charge in [0.05, 0.1) is 19.0 Å². The fourth-order valence-corrected chi connectivity index (χ4v) is 1.67. The Labute approximate surface area is 100 Å². The highest BCUT2D eigenvalue weighted by atomic mass is 16.5. The lowest BCUT2D eigenvalue weighted by Crippen LogP contribution is -2.30. The molecule has 0 amide bonds. The molecule has 6 heteroatoms. The predicted octanol–water partition coefficient (Wildman–Crippen LogP) is 0.376. The number of nitrogen functional groups attached to an aromatic ring is 1. The third-order valence-corrected chi connectivity index (χ3v) is 2.73. The van der Waals surface area contributed by atoms with Gasteiger partial charge in [-0.1, -0.05) is 0 Å². The Morgan fingerprint density at radius 1 is 1.53 bits per heavy atom. The van der Waals surface area contributed by atoms with Crippen molar-refractivity contribution in [2.45, 2.75) is 18.9 Å². The van der Waals surface area contributed by atoms with Crippen molar-refractivity contribution in [3.8, 4) is 0 Å². The molecule has 1 fully saturated rings. The number of hydrogen-bond donors (Lipinski definition) is 2. The molecule has 1 aliphatic carbocycles. The lowest BCUT2D eigenvalue weighted by molar-refractivity contribution is 0.204. The Morgan fingerprint density at radius 2 is 2.29 bits per heavy atom. The smallest absolute Gasteiger partial charge is 0.147 e. The molecule has 1 aromatic heterocycles. The zero-order valence-electron chi connectivity index (χ0n) is 9.89. The topological polar surface area (TPSA) is 88.1 Å². The van der Waals surface area contributed by atoms with Crippen LogP contribution in [0.5, 0.6) is 0 Å². The summed E-state index contributed by atoms with van der Waals surface area (Å²) in [6.45, 7) is 1.49. The first-order valence-electron chi connectivity index (χ1n) is 5.64. The second-order valence-corrected chi connectivity index (χ2v) is 4.09. The minimum atomic E-state index is -0.0566. The van der Waals surface area contributed by atoms with Crippen molar-refractivity contribution < 1.29 is 4.74 Å². The van der Waals surface area contributed by atoms with E-state index < -0.39 is 0 Å². The normalized spacial score (nSPS) is 14.6. The minimum absolute atomic E-state index is 0.0566. The Balaban J connectivity index is 2.09. The van der Waals surface area contributed by atoms with Gasteiger partial charge in [-0.3, -0.25) is 5.41 Å². The molecule has 0 aromatic carbocycles. The highest BCUT2D eigenvalue weighted by molar-refractivity contribution is 5.92. The Kier molecular flexibility index (Phi) is 3.53. The van der Waals surface area contributed by atoms with Crippen LogP contribution >= 0.6 is 0 Å². The van der Waals surface area contributed by atoms with Gasteiger partial charge >= 0.3 is 0 Å². The van der Waals surface area contributed by atoms with E-state index in [2.05, 4.69) is 14.9 Å². The van der Waals surface area contributed by atoms with E-state index >= 15 is 0 Å². The second kappa shape index (κ2) is 5.09. The van der Waals surface area contributed by atoms with Crippen molar-refractivity contribution >= 4 is 11.7 Å². The molecule has 0 bridgehead atoms. The number of nitrogens with zero attached hydrogens (tertiary/aromatic N) is 3. The molecule has 6 nitrogen and oxygen atoms in total. The number of rotatable bonds is 6. The molecule has 1 saturated carbocycles. The third kappa shape index (κ3) is 2.91. The van der Waals surface area contributed by atoms with Crippen LogP contribution in [-0.4, -0.2) is 42.1 Å². The van der Waals surface area contributed by atoms with Crippen molar-refractivity contribution in [2.75, 3.05) is 25.2 Å². The van der Waals surface area contributed by atoms with Crippen LogP contribution in [0.4, 0.5) is 5.82 Å². The van der Waals surface area contributed by atoms with Gasteiger partial charge in [-0.2, -0.15) is 0 Å². The summed E-state index contributed by atoms with van der Waals surface area (Å²) in [5.74, 6) is 0.772. The summed E-state index contributed by atoms with van der Waals surface area (Å²) < 4.78 is 5.09. The lowest BCUT2D eigenvalue weighted by atomic mass is 10.4. The summed E-state index contributed by atoms with van der Waals surface area (Å²) in [6.07, 6.45) is 5.60. The zero-order valence-corrected chi connectivity index (χ0v) is 9.89. The molecule has 17 heavy (non-hydrogen) atoms. The molecule has 92 valence electrons. The molecule has 0 spiro atoms. The zero-order chi connectivity index (χ0) is 12.3. The van der Waals surface area contributed by atoms with E-state index in [9.17, 15) is 0 Å². The number of hydrogen-bond acceptors (Lipinski definition) is 5. The summed E-state index contributed by atoms with van der Waals surface area (Å²) in [5.41, 5.74) is 5.75. The Morgan fingerprint density at radius 3 is 2.76 bits per heavy atom. The molecule has 0 radical (unpaired) electrons. The monoisotopic (exact) mass is 235 g/mol. The highest BCUT2D eigenvalue weighted by Gasteiger charge is 2.29. The molecule has 1 aliphatic rings. The van der Waals surface area contributed by atoms with Gasteiger partial charge in [0.2, 0.25) is 0 Å². The van der Waals surface area contributed by atoms with Gasteiger partial charge in [0.15, 0.2) is 0 Å². The van der Waals surface area contributed by atoms with Gasteiger partial charge in [-0.15, -0.1) is 0 Å². The molecule has 0 saturated heterocycles.